The molecule has 0 heterocycles. The molecule has 0 saturated heterocycles. The van der Waals surface area contributed by atoms with E-state index >= 15 is 0 Å². The van der Waals surface area contributed by atoms with Gasteiger partial charge in [0, 0.05) is 18.2 Å². The van der Waals surface area contributed by atoms with Crippen LogP contribution in [0.3, 0.4) is 0 Å². The summed E-state index contributed by atoms with van der Waals surface area (Å²) in [5, 5.41) is 2.44. The molecule has 0 aliphatic rings. The zero-order chi connectivity index (χ0) is 13.5. The molecule has 0 rings (SSSR count). The van der Waals surface area contributed by atoms with Gasteiger partial charge in [0.2, 0.25) is 5.91 Å². The van der Waals surface area contributed by atoms with Gasteiger partial charge in [0.15, 0.2) is 15.6 Å². The van der Waals surface area contributed by atoms with Crippen molar-refractivity contribution in [3.05, 3.63) is 0 Å². The molecule has 17 heavy (non-hydrogen) atoms. The minimum Gasteiger partial charge on any atom is -0.349 e. The lowest BCUT2D eigenvalue weighted by Crippen LogP contribution is -2.33. The summed E-state index contributed by atoms with van der Waals surface area (Å²) < 4.78 is 22.5. The van der Waals surface area contributed by atoms with Gasteiger partial charge >= 0.3 is 0 Å². The first kappa shape index (κ1) is 16.4. The molecule has 0 aromatic carbocycles. The van der Waals surface area contributed by atoms with E-state index in [0.29, 0.717) is 0 Å². The Bertz CT molecular complexity index is 365. The van der Waals surface area contributed by atoms with Crippen LogP contribution in [-0.2, 0) is 19.4 Å². The van der Waals surface area contributed by atoms with Gasteiger partial charge in [-0.25, -0.2) is 8.42 Å². The Hall–Kier alpha value is -0.620. The number of Topliss-reactive ketones (excluding diaryl/α,β-unsaturated/α-hetero) is 1. The summed E-state index contributed by atoms with van der Waals surface area (Å²) in [5.41, 5.74) is 0. The Morgan fingerprint density at radius 1 is 1.24 bits per heavy atom. The number of amides is 1. The van der Waals surface area contributed by atoms with Gasteiger partial charge in [0.25, 0.3) is 0 Å². The summed E-state index contributed by atoms with van der Waals surface area (Å²) in [6.45, 7) is 3.31. The van der Waals surface area contributed by atoms with Crippen molar-refractivity contribution in [2.75, 3.05) is 23.9 Å². The fourth-order valence-corrected chi connectivity index (χ4v) is 2.65. The molecule has 0 spiro atoms. The Morgan fingerprint density at radius 2 is 1.82 bits per heavy atom. The van der Waals surface area contributed by atoms with Crippen molar-refractivity contribution in [2.24, 2.45) is 5.92 Å². The Kier molecular flexibility index (Phi) is 7.38. The second-order valence-corrected chi connectivity index (χ2v) is 6.68. The van der Waals surface area contributed by atoms with Gasteiger partial charge in [-0.1, -0.05) is 13.8 Å². The Balaban J connectivity index is 3.93. The standard InChI is InChI=1S/C10H18ClNO4S/c1-8(2)10(14)12-7-9(13)3-5-17(15,16)6-4-11/h8H,3-7H2,1-2H3,(H,12,14). The largest absolute Gasteiger partial charge is 0.349 e. The third kappa shape index (κ3) is 8.15. The molecule has 0 bridgehead atoms. The molecule has 100 valence electrons. The Morgan fingerprint density at radius 3 is 2.29 bits per heavy atom. The number of nitrogens with one attached hydrogen (secondary N) is 1. The minimum absolute atomic E-state index is 0.0284. The monoisotopic (exact) mass is 283 g/mol. The molecular formula is C10H18ClNO4S. The average Bonchev–Trinajstić information content (AvgIpc) is 2.22. The lowest BCUT2D eigenvalue weighted by atomic mass is 10.2. The molecule has 0 aliphatic heterocycles. The molecule has 0 fully saturated rings. The lowest BCUT2D eigenvalue weighted by Gasteiger charge is -2.06. The van der Waals surface area contributed by atoms with Crippen LogP contribution in [0.25, 0.3) is 0 Å². The number of halogens is 1. The normalized spacial score (nSPS) is 11.5. The number of hydrogen-bond donors (Lipinski definition) is 1. The van der Waals surface area contributed by atoms with Crippen molar-refractivity contribution in [3.8, 4) is 0 Å². The fourth-order valence-electron chi connectivity index (χ4n) is 0.967. The van der Waals surface area contributed by atoms with Gasteiger partial charge in [-0.05, 0) is 0 Å². The van der Waals surface area contributed by atoms with Crippen LogP contribution in [-0.4, -0.2) is 44.0 Å². The number of carbonyl (C=O) groups is 2. The predicted molar refractivity (Wildman–Crippen MR) is 66.8 cm³/mol. The zero-order valence-corrected chi connectivity index (χ0v) is 11.6. The number of hydrogen-bond acceptors (Lipinski definition) is 4. The third-order valence-corrected chi connectivity index (χ3v) is 4.13. The fraction of sp³-hybridized carbons (Fsp3) is 0.800. The molecule has 0 atom stereocenters. The maximum Gasteiger partial charge on any atom is 0.222 e. The van der Waals surface area contributed by atoms with Crippen molar-refractivity contribution >= 4 is 33.1 Å². The topological polar surface area (TPSA) is 80.3 Å². The van der Waals surface area contributed by atoms with Crippen molar-refractivity contribution in [1.82, 2.24) is 5.32 Å². The summed E-state index contributed by atoms with van der Waals surface area (Å²) in [6, 6.07) is 0. The predicted octanol–water partition coefficient (Wildman–Crippen LogP) is 0.371. The highest BCUT2D eigenvalue weighted by Gasteiger charge is 2.14. The van der Waals surface area contributed by atoms with E-state index in [1.54, 1.807) is 13.8 Å². The van der Waals surface area contributed by atoms with Gasteiger partial charge < -0.3 is 5.32 Å². The Labute approximate surface area is 107 Å². The van der Waals surface area contributed by atoms with Crippen LogP contribution >= 0.6 is 11.6 Å². The van der Waals surface area contributed by atoms with Crippen molar-refractivity contribution in [3.63, 3.8) is 0 Å². The maximum absolute atomic E-state index is 11.3. The van der Waals surface area contributed by atoms with Crippen LogP contribution < -0.4 is 5.32 Å². The summed E-state index contributed by atoms with van der Waals surface area (Å²) in [6.07, 6.45) is -0.0857. The van der Waals surface area contributed by atoms with Crippen LogP contribution in [0.1, 0.15) is 20.3 Å². The summed E-state index contributed by atoms with van der Waals surface area (Å²) in [5.74, 6) is -1.02. The first-order valence-electron chi connectivity index (χ1n) is 5.34. The zero-order valence-electron chi connectivity index (χ0n) is 10.0. The van der Waals surface area contributed by atoms with Crippen LogP contribution in [0, 0.1) is 5.92 Å². The van der Waals surface area contributed by atoms with Gasteiger partial charge in [0.1, 0.15) is 0 Å². The molecule has 0 radical (unpaired) electrons. The van der Waals surface area contributed by atoms with Crippen molar-refractivity contribution in [1.29, 1.82) is 0 Å². The van der Waals surface area contributed by atoms with Crippen LogP contribution in [0.15, 0.2) is 0 Å². The van der Waals surface area contributed by atoms with E-state index in [1.165, 1.54) is 0 Å². The first-order chi connectivity index (χ1) is 7.78. The van der Waals surface area contributed by atoms with Gasteiger partial charge in [-0.15, -0.1) is 11.6 Å². The number of rotatable bonds is 8. The molecule has 5 nitrogen and oxygen atoms in total. The molecule has 7 heteroatoms. The number of carbonyl (C=O) groups excluding carboxylic acids is 2. The second kappa shape index (κ2) is 7.66. The summed E-state index contributed by atoms with van der Waals surface area (Å²) in [7, 11) is -3.25. The van der Waals surface area contributed by atoms with Gasteiger partial charge in [-0.2, -0.15) is 0 Å². The van der Waals surface area contributed by atoms with Crippen molar-refractivity contribution in [2.45, 2.75) is 20.3 Å². The molecule has 0 aromatic heterocycles. The van der Waals surface area contributed by atoms with E-state index < -0.39 is 9.84 Å². The molecular weight excluding hydrogens is 266 g/mol. The number of ketones is 1. The molecule has 1 N–H and O–H groups in total. The van der Waals surface area contributed by atoms with E-state index in [1.807, 2.05) is 0 Å². The first-order valence-corrected chi connectivity index (χ1v) is 7.70. The van der Waals surface area contributed by atoms with Crippen LogP contribution in [0.5, 0.6) is 0 Å². The van der Waals surface area contributed by atoms with Gasteiger partial charge in [-0.3, -0.25) is 9.59 Å². The average molecular weight is 284 g/mol. The minimum atomic E-state index is -3.25. The quantitative estimate of drug-likeness (QED) is 0.653. The van der Waals surface area contributed by atoms with E-state index in [0.717, 1.165) is 0 Å². The highest BCUT2D eigenvalue weighted by molar-refractivity contribution is 7.91. The maximum atomic E-state index is 11.3. The highest BCUT2D eigenvalue weighted by Crippen LogP contribution is 1.97. The van der Waals surface area contributed by atoms with E-state index in [4.69, 9.17) is 11.6 Å². The molecule has 0 saturated carbocycles. The van der Waals surface area contributed by atoms with Crippen molar-refractivity contribution < 1.29 is 18.0 Å². The smallest absolute Gasteiger partial charge is 0.222 e. The van der Waals surface area contributed by atoms with Crippen LogP contribution in [0.2, 0.25) is 0 Å². The van der Waals surface area contributed by atoms with Crippen LogP contribution in [0.4, 0.5) is 0 Å². The van der Waals surface area contributed by atoms with E-state index in [9.17, 15) is 18.0 Å². The third-order valence-electron chi connectivity index (χ3n) is 2.06. The molecule has 0 aliphatic carbocycles. The SMILES string of the molecule is CC(C)C(=O)NCC(=O)CCS(=O)(=O)CCCl. The van der Waals surface area contributed by atoms with E-state index in [-0.39, 0.29) is 48.0 Å². The second-order valence-electron chi connectivity index (χ2n) is 4.00. The van der Waals surface area contributed by atoms with E-state index in [2.05, 4.69) is 5.32 Å². The molecule has 1 amide bonds. The summed E-state index contributed by atoms with van der Waals surface area (Å²) >= 11 is 5.32. The number of alkyl halides is 1. The lowest BCUT2D eigenvalue weighted by molar-refractivity contribution is -0.127. The molecule has 0 aromatic rings. The number of sulfone groups is 1. The highest BCUT2D eigenvalue weighted by atomic mass is 35.5. The summed E-state index contributed by atoms with van der Waals surface area (Å²) in [4.78, 5) is 22.5. The molecule has 0 unspecified atom stereocenters. The van der Waals surface area contributed by atoms with Gasteiger partial charge in [0.05, 0.1) is 18.1 Å².